The van der Waals surface area contributed by atoms with Crippen LogP contribution in [0.1, 0.15) is 31.2 Å². The van der Waals surface area contributed by atoms with Crippen molar-refractivity contribution in [3.63, 3.8) is 0 Å². The van der Waals surface area contributed by atoms with Gasteiger partial charge in [0.05, 0.1) is 0 Å². The molecule has 0 spiro atoms. The molecule has 2 aromatic rings. The quantitative estimate of drug-likeness (QED) is 0.649. The molecule has 0 amide bonds. The van der Waals surface area contributed by atoms with Gasteiger partial charge >= 0.3 is 0 Å². The molecule has 0 N–H and O–H groups in total. The van der Waals surface area contributed by atoms with Gasteiger partial charge in [0.2, 0.25) is 0 Å². The molecule has 0 bridgehead atoms. The van der Waals surface area contributed by atoms with E-state index < -0.39 is 0 Å². The van der Waals surface area contributed by atoms with Gasteiger partial charge in [-0.15, -0.1) is 0 Å². The number of rotatable bonds is 1. The lowest BCUT2D eigenvalue weighted by Gasteiger charge is -2.09. The lowest BCUT2D eigenvalue weighted by atomic mass is 10.1. The van der Waals surface area contributed by atoms with Crippen LogP contribution in [0.2, 0.25) is 0 Å². The molecule has 0 radical (unpaired) electrons. The van der Waals surface area contributed by atoms with E-state index in [4.69, 9.17) is 0 Å². The molecule has 2 aromatic heterocycles. The minimum Gasteiger partial charge on any atom is -0.301 e. The van der Waals surface area contributed by atoms with Gasteiger partial charge in [0, 0.05) is 17.6 Å². The highest BCUT2D eigenvalue weighted by molar-refractivity contribution is 5.42. The number of pyridine rings is 1. The average Bonchev–Trinajstić information content (AvgIpc) is 2.48. The van der Waals surface area contributed by atoms with Crippen LogP contribution in [0.4, 0.5) is 0 Å². The van der Waals surface area contributed by atoms with Gasteiger partial charge in [0.1, 0.15) is 5.65 Å². The second-order valence-corrected chi connectivity index (χ2v) is 3.70. The fraction of sp³-hybridized carbons (Fsp3) is 0.364. The molecule has 68 valence electrons. The molecular formula is C11H14N2. The van der Waals surface area contributed by atoms with Crippen molar-refractivity contribution in [2.24, 2.45) is 0 Å². The maximum Gasteiger partial charge on any atom is 0.137 e. The van der Waals surface area contributed by atoms with Gasteiger partial charge in [0.15, 0.2) is 0 Å². The van der Waals surface area contributed by atoms with E-state index in [-0.39, 0.29) is 0 Å². The van der Waals surface area contributed by atoms with E-state index in [0.717, 1.165) is 5.65 Å². The fourth-order valence-electron chi connectivity index (χ4n) is 1.67. The van der Waals surface area contributed by atoms with E-state index in [1.807, 2.05) is 12.3 Å². The number of hydrogen-bond acceptors (Lipinski definition) is 1. The van der Waals surface area contributed by atoms with Gasteiger partial charge in [0.25, 0.3) is 0 Å². The largest absolute Gasteiger partial charge is 0.301 e. The van der Waals surface area contributed by atoms with Crippen molar-refractivity contribution in [1.29, 1.82) is 0 Å². The van der Waals surface area contributed by atoms with Crippen molar-refractivity contribution >= 4 is 5.65 Å². The summed E-state index contributed by atoms with van der Waals surface area (Å²) in [6, 6.07) is 6.27. The number of fused-ring (bicyclic) bond motifs is 1. The van der Waals surface area contributed by atoms with E-state index in [1.165, 1.54) is 11.4 Å². The van der Waals surface area contributed by atoms with Gasteiger partial charge in [-0.1, -0.05) is 19.9 Å². The molecule has 0 aromatic carbocycles. The number of hydrogen-bond donors (Lipinski definition) is 0. The Hall–Kier alpha value is -1.31. The van der Waals surface area contributed by atoms with Crippen molar-refractivity contribution in [3.8, 4) is 0 Å². The second-order valence-electron chi connectivity index (χ2n) is 3.70. The molecule has 0 fully saturated rings. The summed E-state index contributed by atoms with van der Waals surface area (Å²) >= 11 is 0. The van der Waals surface area contributed by atoms with Crippen LogP contribution in [-0.4, -0.2) is 9.38 Å². The Bertz CT molecular complexity index is 427. The third kappa shape index (κ3) is 1.22. The van der Waals surface area contributed by atoms with E-state index in [0.29, 0.717) is 5.92 Å². The second kappa shape index (κ2) is 2.87. The first-order valence-electron chi connectivity index (χ1n) is 4.63. The Balaban J connectivity index is 2.80. The number of imidazole rings is 1. The lowest BCUT2D eigenvalue weighted by Crippen LogP contribution is -1.99. The standard InChI is InChI=1S/C11H14N2/c1-8(2)10-5-4-6-11-12-7-9(3)13(10)11/h4-8H,1-3H3. The first kappa shape index (κ1) is 8.30. The molecule has 0 atom stereocenters. The Morgan fingerprint density at radius 3 is 2.77 bits per heavy atom. The lowest BCUT2D eigenvalue weighted by molar-refractivity contribution is 0.793. The number of aryl methyl sites for hydroxylation is 1. The fourth-order valence-corrected chi connectivity index (χ4v) is 1.67. The van der Waals surface area contributed by atoms with Crippen LogP contribution in [0.3, 0.4) is 0 Å². The first-order chi connectivity index (χ1) is 6.20. The molecule has 2 rings (SSSR count). The highest BCUT2D eigenvalue weighted by atomic mass is 15.0. The summed E-state index contributed by atoms with van der Waals surface area (Å²) in [6.07, 6.45) is 1.92. The van der Waals surface area contributed by atoms with Gasteiger partial charge in [-0.3, -0.25) is 0 Å². The highest BCUT2D eigenvalue weighted by Gasteiger charge is 2.06. The molecule has 13 heavy (non-hydrogen) atoms. The number of aromatic nitrogens is 2. The Morgan fingerprint density at radius 1 is 1.31 bits per heavy atom. The maximum atomic E-state index is 4.32. The Morgan fingerprint density at radius 2 is 2.08 bits per heavy atom. The average molecular weight is 174 g/mol. The summed E-state index contributed by atoms with van der Waals surface area (Å²) in [4.78, 5) is 4.32. The SMILES string of the molecule is Cc1cnc2cccc(C(C)C)n12. The summed E-state index contributed by atoms with van der Waals surface area (Å²) in [5, 5.41) is 0. The van der Waals surface area contributed by atoms with Crippen LogP contribution in [0.15, 0.2) is 24.4 Å². The monoisotopic (exact) mass is 174 g/mol. The van der Waals surface area contributed by atoms with Crippen molar-refractivity contribution in [3.05, 3.63) is 35.8 Å². The highest BCUT2D eigenvalue weighted by Crippen LogP contribution is 2.17. The minimum atomic E-state index is 0.539. The van der Waals surface area contributed by atoms with Gasteiger partial charge in [-0.2, -0.15) is 0 Å². The summed E-state index contributed by atoms with van der Waals surface area (Å²) in [7, 11) is 0. The maximum absolute atomic E-state index is 4.32. The van der Waals surface area contributed by atoms with Crippen molar-refractivity contribution in [2.45, 2.75) is 26.7 Å². The molecule has 2 heterocycles. The van der Waals surface area contributed by atoms with Crippen LogP contribution < -0.4 is 0 Å². The molecule has 2 heteroatoms. The van der Waals surface area contributed by atoms with Crippen LogP contribution in [-0.2, 0) is 0 Å². The van der Waals surface area contributed by atoms with Gasteiger partial charge in [-0.05, 0) is 25.0 Å². The molecule has 0 aliphatic rings. The third-order valence-corrected chi connectivity index (χ3v) is 2.33. The summed E-state index contributed by atoms with van der Waals surface area (Å²) < 4.78 is 2.21. The predicted molar refractivity (Wildman–Crippen MR) is 54.0 cm³/mol. The van der Waals surface area contributed by atoms with Crippen LogP contribution in [0, 0.1) is 6.92 Å². The summed E-state index contributed by atoms with van der Waals surface area (Å²) in [6.45, 7) is 6.49. The Labute approximate surface area is 78.2 Å². The van der Waals surface area contributed by atoms with E-state index in [1.54, 1.807) is 0 Å². The molecular weight excluding hydrogens is 160 g/mol. The van der Waals surface area contributed by atoms with E-state index in [9.17, 15) is 0 Å². The van der Waals surface area contributed by atoms with Crippen LogP contribution in [0.5, 0.6) is 0 Å². The number of nitrogens with zero attached hydrogens (tertiary/aromatic N) is 2. The van der Waals surface area contributed by atoms with E-state index >= 15 is 0 Å². The van der Waals surface area contributed by atoms with Crippen molar-refractivity contribution < 1.29 is 0 Å². The Kier molecular flexibility index (Phi) is 1.83. The summed E-state index contributed by atoms with van der Waals surface area (Å²) in [5.74, 6) is 0.539. The van der Waals surface area contributed by atoms with Crippen molar-refractivity contribution in [1.82, 2.24) is 9.38 Å². The zero-order valence-corrected chi connectivity index (χ0v) is 8.28. The topological polar surface area (TPSA) is 17.3 Å². The molecule has 0 aliphatic heterocycles. The molecule has 2 nitrogen and oxygen atoms in total. The summed E-state index contributed by atoms with van der Waals surface area (Å²) in [5.41, 5.74) is 3.58. The van der Waals surface area contributed by atoms with Gasteiger partial charge < -0.3 is 4.40 Å². The normalized spacial score (nSPS) is 11.4. The molecule has 0 saturated carbocycles. The zero-order valence-electron chi connectivity index (χ0n) is 8.28. The minimum absolute atomic E-state index is 0.539. The zero-order chi connectivity index (χ0) is 9.42. The molecule has 0 unspecified atom stereocenters. The van der Waals surface area contributed by atoms with Crippen LogP contribution >= 0.6 is 0 Å². The van der Waals surface area contributed by atoms with E-state index in [2.05, 4.69) is 42.3 Å². The third-order valence-electron chi connectivity index (χ3n) is 2.33. The van der Waals surface area contributed by atoms with Gasteiger partial charge in [-0.25, -0.2) is 4.98 Å². The van der Waals surface area contributed by atoms with Crippen LogP contribution in [0.25, 0.3) is 5.65 Å². The van der Waals surface area contributed by atoms with Crippen molar-refractivity contribution in [2.75, 3.05) is 0 Å². The first-order valence-corrected chi connectivity index (χ1v) is 4.63. The smallest absolute Gasteiger partial charge is 0.137 e. The molecule has 0 saturated heterocycles. The predicted octanol–water partition coefficient (Wildman–Crippen LogP) is 2.77. The molecule has 0 aliphatic carbocycles.